The number of hydrogen-bond donors (Lipinski definition) is 4. The van der Waals surface area contributed by atoms with E-state index in [9.17, 15) is 0 Å². The quantitative estimate of drug-likeness (QED) is 0.141. The Morgan fingerprint density at radius 2 is 0.868 bits per heavy atom. The number of hydrazone groups is 2. The highest BCUT2D eigenvalue weighted by molar-refractivity contribution is 6.21. The Hall–Kier alpha value is -3.94. The summed E-state index contributed by atoms with van der Waals surface area (Å²) in [5.74, 6) is 1.31. The highest BCUT2D eigenvalue weighted by Crippen LogP contribution is 2.31. The van der Waals surface area contributed by atoms with E-state index in [1.54, 1.807) is 0 Å². The Bertz CT molecular complexity index is 1170. The number of hydrogen-bond acceptors (Lipinski definition) is 4. The standard InChI is InChI=1S/C30H42N8/c1-19(2)33-29(34-20(3)4)37-31-17-27-23-13-9-11-15-25(23)28(26-16-12-10-14-24(26)27)18-32-38-30(35-21(5)6)36-22(7)8/h9-22H,1-8H3,(H2,33,34,37)(H2,35,36,38). The summed E-state index contributed by atoms with van der Waals surface area (Å²) in [4.78, 5) is 9.22. The summed E-state index contributed by atoms with van der Waals surface area (Å²) in [5, 5.41) is 20.2. The van der Waals surface area contributed by atoms with E-state index in [4.69, 9.17) is 0 Å². The van der Waals surface area contributed by atoms with Gasteiger partial charge in [-0.3, -0.25) is 0 Å². The SMILES string of the molecule is CC(C)N=C(NN=Cc1c2ccccc2c(C=NNC(=NC(C)C)NC(C)C)c2ccccc12)NC(C)C. The van der Waals surface area contributed by atoms with Crippen LogP contribution in [0.2, 0.25) is 0 Å². The van der Waals surface area contributed by atoms with E-state index in [2.05, 4.69) is 93.6 Å². The van der Waals surface area contributed by atoms with E-state index < -0.39 is 0 Å². The summed E-state index contributed by atoms with van der Waals surface area (Å²) in [7, 11) is 0. The van der Waals surface area contributed by atoms with Crippen LogP contribution in [0, 0.1) is 0 Å². The van der Waals surface area contributed by atoms with Gasteiger partial charge in [0.2, 0.25) is 11.9 Å². The summed E-state index contributed by atoms with van der Waals surface area (Å²) in [6.07, 6.45) is 3.75. The summed E-state index contributed by atoms with van der Waals surface area (Å²) in [6.45, 7) is 16.5. The zero-order valence-electron chi connectivity index (χ0n) is 23.9. The van der Waals surface area contributed by atoms with E-state index in [1.807, 2.05) is 64.4 Å². The van der Waals surface area contributed by atoms with Gasteiger partial charge in [-0.1, -0.05) is 48.5 Å². The van der Waals surface area contributed by atoms with Gasteiger partial charge in [0.15, 0.2) is 0 Å². The predicted molar refractivity (Wildman–Crippen MR) is 165 cm³/mol. The second kappa shape index (κ2) is 13.6. The molecule has 3 aromatic rings. The molecular weight excluding hydrogens is 472 g/mol. The summed E-state index contributed by atoms with van der Waals surface area (Å²) >= 11 is 0. The van der Waals surface area contributed by atoms with Gasteiger partial charge in [-0.2, -0.15) is 10.2 Å². The molecule has 3 rings (SSSR count). The van der Waals surface area contributed by atoms with Crippen molar-refractivity contribution in [2.75, 3.05) is 0 Å². The van der Waals surface area contributed by atoms with E-state index in [1.165, 1.54) is 0 Å². The second-order valence-electron chi connectivity index (χ2n) is 10.4. The van der Waals surface area contributed by atoms with E-state index >= 15 is 0 Å². The molecule has 4 N–H and O–H groups in total. The molecule has 0 saturated carbocycles. The van der Waals surface area contributed by atoms with Crippen LogP contribution < -0.4 is 21.5 Å². The third-order valence-electron chi connectivity index (χ3n) is 5.37. The predicted octanol–water partition coefficient (Wildman–Crippen LogP) is 5.36. The van der Waals surface area contributed by atoms with E-state index in [0.717, 1.165) is 32.7 Å². The number of nitrogens with zero attached hydrogens (tertiary/aromatic N) is 4. The van der Waals surface area contributed by atoms with Crippen molar-refractivity contribution in [1.82, 2.24) is 21.5 Å². The molecule has 0 aliphatic carbocycles. The minimum Gasteiger partial charge on any atom is -0.353 e. The summed E-state index contributed by atoms with van der Waals surface area (Å²) in [6, 6.07) is 17.5. The molecule has 0 heterocycles. The molecule has 3 aromatic carbocycles. The Morgan fingerprint density at radius 1 is 0.553 bits per heavy atom. The average Bonchev–Trinajstić information content (AvgIpc) is 2.83. The van der Waals surface area contributed by atoms with Crippen LogP contribution in [0.5, 0.6) is 0 Å². The van der Waals surface area contributed by atoms with Gasteiger partial charge in [0.25, 0.3) is 0 Å². The lowest BCUT2D eigenvalue weighted by Crippen LogP contribution is -2.39. The maximum atomic E-state index is 4.61. The van der Waals surface area contributed by atoms with Crippen molar-refractivity contribution < 1.29 is 0 Å². The minimum atomic E-state index is 0.148. The third-order valence-corrected chi connectivity index (χ3v) is 5.37. The van der Waals surface area contributed by atoms with Gasteiger partial charge in [0.1, 0.15) is 0 Å². The van der Waals surface area contributed by atoms with Crippen LogP contribution in [0.4, 0.5) is 0 Å². The summed E-state index contributed by atoms with van der Waals surface area (Å²) in [5.41, 5.74) is 8.28. The van der Waals surface area contributed by atoms with E-state index in [0.29, 0.717) is 11.9 Å². The van der Waals surface area contributed by atoms with Crippen LogP contribution >= 0.6 is 0 Å². The molecule has 0 aliphatic heterocycles. The largest absolute Gasteiger partial charge is 0.353 e. The maximum Gasteiger partial charge on any atom is 0.212 e. The molecule has 0 bridgehead atoms. The van der Waals surface area contributed by atoms with Gasteiger partial charge in [-0.05, 0) is 76.9 Å². The molecule has 8 heteroatoms. The van der Waals surface area contributed by atoms with Crippen molar-refractivity contribution >= 4 is 45.9 Å². The van der Waals surface area contributed by atoms with Gasteiger partial charge in [0.05, 0.1) is 12.4 Å². The Labute approximate surface area is 226 Å². The first-order valence-electron chi connectivity index (χ1n) is 13.4. The number of rotatable bonds is 8. The normalized spacial score (nSPS) is 13.3. The first kappa shape index (κ1) is 28.6. The zero-order chi connectivity index (χ0) is 27.7. The number of nitrogens with one attached hydrogen (secondary N) is 4. The van der Waals surface area contributed by atoms with Crippen molar-refractivity contribution in [3.8, 4) is 0 Å². The average molecular weight is 515 g/mol. The highest BCUT2D eigenvalue weighted by Gasteiger charge is 2.12. The molecule has 0 radical (unpaired) electrons. The minimum absolute atomic E-state index is 0.148. The van der Waals surface area contributed by atoms with Gasteiger partial charge in [0, 0.05) is 35.3 Å². The molecule has 0 fully saturated rings. The highest BCUT2D eigenvalue weighted by atomic mass is 15.4. The number of guanidine groups is 2. The molecule has 0 amide bonds. The van der Waals surface area contributed by atoms with Crippen LogP contribution in [-0.4, -0.2) is 48.5 Å². The molecule has 0 spiro atoms. The molecule has 0 aliphatic rings. The Kier molecular flexibility index (Phi) is 10.2. The molecule has 0 unspecified atom stereocenters. The Morgan fingerprint density at radius 3 is 1.13 bits per heavy atom. The Balaban J connectivity index is 2.05. The van der Waals surface area contributed by atoms with Crippen molar-refractivity contribution in [3.05, 3.63) is 59.7 Å². The molecule has 38 heavy (non-hydrogen) atoms. The molecule has 0 saturated heterocycles. The first-order valence-corrected chi connectivity index (χ1v) is 13.4. The number of benzene rings is 3. The zero-order valence-corrected chi connectivity index (χ0v) is 23.9. The monoisotopic (exact) mass is 514 g/mol. The summed E-state index contributed by atoms with van der Waals surface area (Å²) < 4.78 is 0. The fourth-order valence-electron chi connectivity index (χ4n) is 4.05. The van der Waals surface area contributed by atoms with Crippen LogP contribution in [0.1, 0.15) is 66.5 Å². The van der Waals surface area contributed by atoms with Crippen molar-refractivity contribution in [3.63, 3.8) is 0 Å². The van der Waals surface area contributed by atoms with Crippen LogP contribution in [-0.2, 0) is 0 Å². The van der Waals surface area contributed by atoms with Crippen LogP contribution in [0.25, 0.3) is 21.5 Å². The fraction of sp³-hybridized carbons (Fsp3) is 0.400. The van der Waals surface area contributed by atoms with Crippen molar-refractivity contribution in [1.29, 1.82) is 0 Å². The topological polar surface area (TPSA) is 97.6 Å². The van der Waals surface area contributed by atoms with Gasteiger partial charge in [-0.25, -0.2) is 20.8 Å². The maximum absolute atomic E-state index is 4.61. The fourth-order valence-corrected chi connectivity index (χ4v) is 4.05. The van der Waals surface area contributed by atoms with Crippen molar-refractivity contribution in [2.24, 2.45) is 20.2 Å². The molecular formula is C30H42N8. The lowest BCUT2D eigenvalue weighted by Gasteiger charge is -2.15. The van der Waals surface area contributed by atoms with Crippen LogP contribution in [0.3, 0.4) is 0 Å². The molecule has 8 nitrogen and oxygen atoms in total. The lowest BCUT2D eigenvalue weighted by atomic mass is 9.92. The van der Waals surface area contributed by atoms with Crippen LogP contribution in [0.15, 0.2) is 68.7 Å². The third kappa shape index (κ3) is 8.03. The first-order chi connectivity index (χ1) is 18.2. The molecule has 0 aromatic heterocycles. The van der Waals surface area contributed by atoms with Gasteiger partial charge in [-0.15, -0.1) is 0 Å². The van der Waals surface area contributed by atoms with Gasteiger partial charge < -0.3 is 10.6 Å². The molecule has 202 valence electrons. The lowest BCUT2D eigenvalue weighted by molar-refractivity contribution is 0.691. The number of aliphatic imine (C=N–C) groups is 2. The second-order valence-corrected chi connectivity index (χ2v) is 10.4. The van der Waals surface area contributed by atoms with E-state index in [-0.39, 0.29) is 24.2 Å². The molecule has 0 atom stereocenters. The smallest absolute Gasteiger partial charge is 0.212 e. The van der Waals surface area contributed by atoms with Gasteiger partial charge >= 0.3 is 0 Å². The number of fused-ring (bicyclic) bond motifs is 2. The van der Waals surface area contributed by atoms with Crippen molar-refractivity contribution in [2.45, 2.75) is 79.6 Å².